The molecule has 0 bridgehead atoms. The molecule has 1 aliphatic heterocycles. The Labute approximate surface area is 97.1 Å². The predicted molar refractivity (Wildman–Crippen MR) is 65.7 cm³/mol. The van der Waals surface area contributed by atoms with Crippen molar-refractivity contribution in [2.75, 3.05) is 25.0 Å². The second kappa shape index (κ2) is 5.25. The van der Waals surface area contributed by atoms with E-state index in [1.54, 1.807) is 0 Å². The van der Waals surface area contributed by atoms with Gasteiger partial charge in [-0.25, -0.2) is 9.97 Å². The van der Waals surface area contributed by atoms with Gasteiger partial charge in [0, 0.05) is 31.5 Å². The highest BCUT2D eigenvalue weighted by atomic mass is 15.3. The number of hydrogen-bond donors (Lipinski definition) is 1. The first-order valence-electron chi connectivity index (χ1n) is 6.06. The summed E-state index contributed by atoms with van der Waals surface area (Å²) in [6.07, 6.45) is 7.31. The van der Waals surface area contributed by atoms with Gasteiger partial charge in [0.25, 0.3) is 0 Å². The van der Waals surface area contributed by atoms with Crippen LogP contribution in [0.4, 0.5) is 5.95 Å². The summed E-state index contributed by atoms with van der Waals surface area (Å²) in [6, 6.07) is 0.582. The van der Waals surface area contributed by atoms with Crippen LogP contribution < -0.4 is 10.2 Å². The highest BCUT2D eigenvalue weighted by Crippen LogP contribution is 2.15. The fourth-order valence-electron chi connectivity index (χ4n) is 2.11. The van der Waals surface area contributed by atoms with Crippen LogP contribution in [0.15, 0.2) is 12.4 Å². The normalized spacial score (nSPS) is 20.4. The molecular formula is C12H20N4. The lowest BCUT2D eigenvalue weighted by Gasteiger charge is -2.16. The van der Waals surface area contributed by atoms with Crippen molar-refractivity contribution in [2.24, 2.45) is 0 Å². The first-order chi connectivity index (χ1) is 7.83. The van der Waals surface area contributed by atoms with Gasteiger partial charge in [-0.1, -0.05) is 13.3 Å². The van der Waals surface area contributed by atoms with Gasteiger partial charge in [0.2, 0.25) is 5.95 Å². The molecule has 2 rings (SSSR count). The number of anilines is 1. The minimum absolute atomic E-state index is 0.582. The second-order valence-electron chi connectivity index (χ2n) is 4.36. The largest absolute Gasteiger partial charge is 0.339 e. The van der Waals surface area contributed by atoms with E-state index in [2.05, 4.69) is 27.1 Å². The molecule has 1 aliphatic rings. The SMILES string of the molecule is CCCc1cnc(N2CCC(NC)C2)nc1. The van der Waals surface area contributed by atoms with Crippen LogP contribution >= 0.6 is 0 Å². The smallest absolute Gasteiger partial charge is 0.225 e. The van der Waals surface area contributed by atoms with E-state index in [1.807, 2.05) is 19.4 Å². The molecule has 1 unspecified atom stereocenters. The Bertz CT molecular complexity index is 322. The molecule has 2 heterocycles. The van der Waals surface area contributed by atoms with Gasteiger partial charge in [-0.2, -0.15) is 0 Å². The van der Waals surface area contributed by atoms with Crippen LogP contribution in [-0.2, 0) is 6.42 Å². The van der Waals surface area contributed by atoms with Gasteiger partial charge in [-0.15, -0.1) is 0 Å². The summed E-state index contributed by atoms with van der Waals surface area (Å²) in [4.78, 5) is 11.1. The van der Waals surface area contributed by atoms with Crippen molar-refractivity contribution in [1.29, 1.82) is 0 Å². The van der Waals surface area contributed by atoms with Crippen LogP contribution in [0.5, 0.6) is 0 Å². The topological polar surface area (TPSA) is 41.1 Å². The monoisotopic (exact) mass is 220 g/mol. The molecule has 16 heavy (non-hydrogen) atoms. The molecule has 0 spiro atoms. The molecule has 1 aromatic heterocycles. The number of likely N-dealkylation sites (N-methyl/N-ethyl adjacent to an activating group) is 1. The maximum absolute atomic E-state index is 4.44. The van der Waals surface area contributed by atoms with E-state index in [1.165, 1.54) is 12.0 Å². The molecule has 0 aliphatic carbocycles. The summed E-state index contributed by atoms with van der Waals surface area (Å²) in [5.41, 5.74) is 1.23. The van der Waals surface area contributed by atoms with Crippen LogP contribution in [-0.4, -0.2) is 36.1 Å². The standard InChI is InChI=1S/C12H20N4/c1-3-4-10-7-14-12(15-8-10)16-6-5-11(9-16)13-2/h7-8,11,13H,3-6,9H2,1-2H3. The molecular weight excluding hydrogens is 200 g/mol. The number of aryl methyl sites for hydroxylation is 1. The summed E-state index contributed by atoms with van der Waals surface area (Å²) >= 11 is 0. The van der Waals surface area contributed by atoms with Crippen molar-refractivity contribution in [3.8, 4) is 0 Å². The lowest BCUT2D eigenvalue weighted by Crippen LogP contribution is -2.30. The molecule has 0 radical (unpaired) electrons. The van der Waals surface area contributed by atoms with Crippen molar-refractivity contribution in [2.45, 2.75) is 32.2 Å². The Balaban J connectivity index is 1.99. The van der Waals surface area contributed by atoms with E-state index in [9.17, 15) is 0 Å². The Morgan fingerprint density at radius 1 is 1.44 bits per heavy atom. The van der Waals surface area contributed by atoms with Crippen LogP contribution in [0.25, 0.3) is 0 Å². The van der Waals surface area contributed by atoms with Crippen molar-refractivity contribution >= 4 is 5.95 Å². The van der Waals surface area contributed by atoms with Crippen molar-refractivity contribution in [3.05, 3.63) is 18.0 Å². The number of nitrogens with zero attached hydrogens (tertiary/aromatic N) is 3. The molecule has 1 N–H and O–H groups in total. The molecule has 1 fully saturated rings. The van der Waals surface area contributed by atoms with E-state index in [0.717, 1.165) is 31.9 Å². The van der Waals surface area contributed by atoms with Gasteiger partial charge >= 0.3 is 0 Å². The lowest BCUT2D eigenvalue weighted by molar-refractivity contribution is 0.616. The van der Waals surface area contributed by atoms with Gasteiger partial charge in [0.05, 0.1) is 0 Å². The van der Waals surface area contributed by atoms with Crippen LogP contribution in [0.2, 0.25) is 0 Å². The van der Waals surface area contributed by atoms with Crippen molar-refractivity contribution < 1.29 is 0 Å². The minimum atomic E-state index is 0.582. The number of aromatic nitrogens is 2. The third-order valence-electron chi connectivity index (χ3n) is 3.11. The van der Waals surface area contributed by atoms with Crippen molar-refractivity contribution in [1.82, 2.24) is 15.3 Å². The summed E-state index contributed by atoms with van der Waals surface area (Å²) in [5, 5.41) is 3.30. The molecule has 0 saturated carbocycles. The Kier molecular flexibility index (Phi) is 3.72. The maximum atomic E-state index is 4.44. The third-order valence-corrected chi connectivity index (χ3v) is 3.11. The summed E-state index contributed by atoms with van der Waals surface area (Å²) in [6.45, 7) is 4.24. The quantitative estimate of drug-likeness (QED) is 0.828. The van der Waals surface area contributed by atoms with E-state index in [0.29, 0.717) is 6.04 Å². The van der Waals surface area contributed by atoms with Crippen LogP contribution in [0.1, 0.15) is 25.3 Å². The Morgan fingerprint density at radius 2 is 2.19 bits per heavy atom. The summed E-state index contributed by atoms with van der Waals surface area (Å²) in [5.74, 6) is 0.873. The summed E-state index contributed by atoms with van der Waals surface area (Å²) in [7, 11) is 2.01. The Morgan fingerprint density at radius 3 is 2.75 bits per heavy atom. The van der Waals surface area contributed by atoms with Gasteiger partial charge in [-0.05, 0) is 25.5 Å². The van der Waals surface area contributed by atoms with Crippen LogP contribution in [0.3, 0.4) is 0 Å². The highest BCUT2D eigenvalue weighted by molar-refractivity contribution is 5.32. The number of nitrogens with one attached hydrogen (secondary N) is 1. The van der Waals surface area contributed by atoms with Gasteiger partial charge < -0.3 is 10.2 Å². The van der Waals surface area contributed by atoms with Crippen LogP contribution in [0, 0.1) is 0 Å². The number of hydrogen-bond acceptors (Lipinski definition) is 4. The molecule has 0 aromatic carbocycles. The molecule has 0 amide bonds. The van der Waals surface area contributed by atoms with Gasteiger partial charge in [-0.3, -0.25) is 0 Å². The fraction of sp³-hybridized carbons (Fsp3) is 0.667. The van der Waals surface area contributed by atoms with Gasteiger partial charge in [0.1, 0.15) is 0 Å². The maximum Gasteiger partial charge on any atom is 0.225 e. The molecule has 4 heteroatoms. The minimum Gasteiger partial charge on any atom is -0.339 e. The van der Waals surface area contributed by atoms with E-state index >= 15 is 0 Å². The molecule has 88 valence electrons. The zero-order valence-corrected chi connectivity index (χ0v) is 10.1. The fourth-order valence-corrected chi connectivity index (χ4v) is 2.11. The second-order valence-corrected chi connectivity index (χ2v) is 4.36. The molecule has 1 aromatic rings. The predicted octanol–water partition coefficient (Wildman–Crippen LogP) is 1.23. The first-order valence-corrected chi connectivity index (χ1v) is 6.06. The molecule has 4 nitrogen and oxygen atoms in total. The van der Waals surface area contributed by atoms with E-state index in [-0.39, 0.29) is 0 Å². The first kappa shape index (κ1) is 11.3. The third kappa shape index (κ3) is 2.50. The van der Waals surface area contributed by atoms with E-state index < -0.39 is 0 Å². The molecule has 1 saturated heterocycles. The molecule has 1 atom stereocenters. The van der Waals surface area contributed by atoms with Crippen molar-refractivity contribution in [3.63, 3.8) is 0 Å². The number of rotatable bonds is 4. The zero-order valence-electron chi connectivity index (χ0n) is 10.1. The summed E-state index contributed by atoms with van der Waals surface area (Å²) < 4.78 is 0. The lowest BCUT2D eigenvalue weighted by atomic mass is 10.2. The average molecular weight is 220 g/mol. The van der Waals surface area contributed by atoms with E-state index in [4.69, 9.17) is 0 Å². The zero-order chi connectivity index (χ0) is 11.4. The van der Waals surface area contributed by atoms with Gasteiger partial charge in [0.15, 0.2) is 0 Å². The highest BCUT2D eigenvalue weighted by Gasteiger charge is 2.22. The Hall–Kier alpha value is -1.16. The average Bonchev–Trinajstić information content (AvgIpc) is 2.79.